The molecule has 0 saturated heterocycles. The van der Waals surface area contributed by atoms with Crippen molar-refractivity contribution in [3.05, 3.63) is 76.8 Å². The summed E-state index contributed by atoms with van der Waals surface area (Å²) in [7, 11) is 0. The fourth-order valence-corrected chi connectivity index (χ4v) is 3.17. The molecule has 0 bridgehead atoms. The summed E-state index contributed by atoms with van der Waals surface area (Å²) < 4.78 is 0. The number of hydrogen-bond acceptors (Lipinski definition) is 1. The molecule has 114 valence electrons. The molecule has 3 heteroatoms. The van der Waals surface area contributed by atoms with Crippen LogP contribution in [0.25, 0.3) is 28.0 Å². The summed E-state index contributed by atoms with van der Waals surface area (Å²) in [6.07, 6.45) is 2.02. The number of alkyl halides is 1. The molecule has 0 heterocycles. The quantitative estimate of drug-likeness (QED) is 0.344. The van der Waals surface area contributed by atoms with Gasteiger partial charge < -0.3 is 0 Å². The molecule has 3 rings (SSSR count). The Morgan fingerprint density at radius 3 is 2.22 bits per heavy atom. The fraction of sp³-hybridized carbons (Fsp3) is 0.0500. The van der Waals surface area contributed by atoms with Crippen LogP contribution in [0.3, 0.4) is 0 Å². The molecule has 0 amide bonds. The number of benzene rings is 3. The van der Waals surface area contributed by atoms with Crippen molar-refractivity contribution in [2.24, 2.45) is 0 Å². The standard InChI is InChI=1S/C20H14Br2O/c21-10-9-14-1-2-19-12-18(8-7-17(19)11-14)15-3-5-16(6-4-15)20(23)13-22/h1-12H,13H2. The van der Waals surface area contributed by atoms with Gasteiger partial charge >= 0.3 is 0 Å². The number of fused-ring (bicyclic) bond motifs is 1. The molecule has 0 radical (unpaired) electrons. The Morgan fingerprint density at radius 1 is 0.870 bits per heavy atom. The van der Waals surface area contributed by atoms with Crippen LogP contribution in [0.5, 0.6) is 0 Å². The van der Waals surface area contributed by atoms with Crippen LogP contribution in [0.2, 0.25) is 0 Å². The van der Waals surface area contributed by atoms with E-state index in [4.69, 9.17) is 0 Å². The molecule has 0 N–H and O–H groups in total. The van der Waals surface area contributed by atoms with Crippen molar-refractivity contribution in [2.45, 2.75) is 0 Å². The Morgan fingerprint density at radius 2 is 1.52 bits per heavy atom. The number of hydrogen-bond donors (Lipinski definition) is 0. The molecule has 0 unspecified atom stereocenters. The Bertz CT molecular complexity index is 880. The first-order valence-corrected chi connectivity index (χ1v) is 9.25. The molecule has 0 aliphatic rings. The minimum absolute atomic E-state index is 0.0995. The average Bonchev–Trinajstić information content (AvgIpc) is 2.61. The summed E-state index contributed by atoms with van der Waals surface area (Å²) in [6.45, 7) is 0. The molecule has 0 aromatic heterocycles. The van der Waals surface area contributed by atoms with Crippen LogP contribution in [0.15, 0.2) is 65.6 Å². The predicted molar refractivity (Wildman–Crippen MR) is 105 cm³/mol. The third-order valence-electron chi connectivity index (χ3n) is 3.78. The highest BCUT2D eigenvalue weighted by atomic mass is 79.9. The average molecular weight is 430 g/mol. The molecule has 0 aliphatic carbocycles. The van der Waals surface area contributed by atoms with Gasteiger partial charge in [-0.25, -0.2) is 0 Å². The maximum absolute atomic E-state index is 11.7. The molecule has 0 aliphatic heterocycles. The van der Waals surface area contributed by atoms with Gasteiger partial charge in [0, 0.05) is 5.56 Å². The second-order valence-corrected chi connectivity index (χ2v) is 6.34. The molecule has 23 heavy (non-hydrogen) atoms. The minimum Gasteiger partial charge on any atom is -0.293 e. The predicted octanol–water partition coefficient (Wildman–Crippen LogP) is 6.45. The van der Waals surface area contributed by atoms with E-state index < -0.39 is 0 Å². The van der Waals surface area contributed by atoms with Crippen LogP contribution in [0, 0.1) is 0 Å². The number of rotatable bonds is 4. The first-order valence-electron chi connectivity index (χ1n) is 7.21. The second kappa shape index (κ2) is 7.24. The van der Waals surface area contributed by atoms with E-state index in [-0.39, 0.29) is 5.78 Å². The molecule has 0 spiro atoms. The number of halogens is 2. The number of carbonyl (C=O) groups excluding carboxylic acids is 1. The largest absolute Gasteiger partial charge is 0.293 e. The molecule has 0 saturated carbocycles. The van der Waals surface area contributed by atoms with E-state index in [1.54, 1.807) is 0 Å². The zero-order valence-electron chi connectivity index (χ0n) is 12.3. The molecule has 3 aromatic rings. The van der Waals surface area contributed by atoms with Gasteiger partial charge in [0.05, 0.1) is 5.33 Å². The summed E-state index contributed by atoms with van der Waals surface area (Å²) >= 11 is 6.51. The van der Waals surface area contributed by atoms with Crippen LogP contribution in [-0.4, -0.2) is 11.1 Å². The van der Waals surface area contributed by atoms with Crippen LogP contribution in [0.1, 0.15) is 15.9 Å². The zero-order valence-corrected chi connectivity index (χ0v) is 15.5. The Labute approximate surface area is 152 Å². The van der Waals surface area contributed by atoms with E-state index >= 15 is 0 Å². The first-order chi connectivity index (χ1) is 11.2. The van der Waals surface area contributed by atoms with Gasteiger partial charge in [-0.1, -0.05) is 80.4 Å². The van der Waals surface area contributed by atoms with Crippen molar-refractivity contribution in [2.75, 3.05) is 5.33 Å². The highest BCUT2D eigenvalue weighted by Crippen LogP contribution is 2.26. The third kappa shape index (κ3) is 3.62. The van der Waals surface area contributed by atoms with Crippen molar-refractivity contribution >= 4 is 54.5 Å². The highest BCUT2D eigenvalue weighted by molar-refractivity contribution is 9.11. The normalized spacial score (nSPS) is 11.2. The summed E-state index contributed by atoms with van der Waals surface area (Å²) in [5.41, 5.74) is 4.17. The van der Waals surface area contributed by atoms with Crippen molar-refractivity contribution in [3.8, 4) is 11.1 Å². The van der Waals surface area contributed by atoms with Crippen LogP contribution in [0.4, 0.5) is 0 Å². The molecular weight excluding hydrogens is 416 g/mol. The van der Waals surface area contributed by atoms with Gasteiger partial charge in [-0.15, -0.1) is 0 Å². The Kier molecular flexibility index (Phi) is 5.09. The number of Topliss-reactive ketones (excluding diaryl/α,β-unsaturated/α-hetero) is 1. The summed E-state index contributed by atoms with van der Waals surface area (Å²) in [6, 6.07) is 20.6. The van der Waals surface area contributed by atoms with Gasteiger partial charge in [-0.2, -0.15) is 0 Å². The van der Waals surface area contributed by atoms with Gasteiger partial charge in [-0.05, 0) is 50.7 Å². The Balaban J connectivity index is 1.97. The molecule has 0 atom stereocenters. The van der Waals surface area contributed by atoms with Crippen molar-refractivity contribution < 1.29 is 4.79 Å². The monoisotopic (exact) mass is 428 g/mol. The lowest BCUT2D eigenvalue weighted by molar-refractivity contribution is 0.102. The lowest BCUT2D eigenvalue weighted by atomic mass is 9.99. The lowest BCUT2D eigenvalue weighted by Crippen LogP contribution is -1.98. The van der Waals surface area contributed by atoms with E-state index in [1.807, 2.05) is 35.3 Å². The summed E-state index contributed by atoms with van der Waals surface area (Å²) in [5, 5.41) is 2.77. The van der Waals surface area contributed by atoms with Crippen molar-refractivity contribution in [1.82, 2.24) is 0 Å². The van der Waals surface area contributed by atoms with Gasteiger partial charge in [0.1, 0.15) is 0 Å². The third-order valence-corrected chi connectivity index (χ3v) is 4.55. The van der Waals surface area contributed by atoms with E-state index in [0.717, 1.165) is 16.7 Å². The lowest BCUT2D eigenvalue weighted by Gasteiger charge is -2.06. The SMILES string of the molecule is O=C(CBr)c1ccc(-c2ccc3cc(C=CBr)ccc3c2)cc1. The maximum atomic E-state index is 11.7. The van der Waals surface area contributed by atoms with E-state index in [2.05, 4.69) is 68.3 Å². The van der Waals surface area contributed by atoms with E-state index in [1.165, 1.54) is 16.3 Å². The number of ketones is 1. The van der Waals surface area contributed by atoms with Gasteiger partial charge in [0.25, 0.3) is 0 Å². The molecule has 3 aromatic carbocycles. The Hall–Kier alpha value is -1.71. The van der Waals surface area contributed by atoms with Crippen LogP contribution >= 0.6 is 31.9 Å². The molecular formula is C20H14Br2O. The van der Waals surface area contributed by atoms with Crippen molar-refractivity contribution in [3.63, 3.8) is 0 Å². The highest BCUT2D eigenvalue weighted by Gasteiger charge is 2.05. The first kappa shape index (κ1) is 16.2. The molecule has 0 fully saturated rings. The topological polar surface area (TPSA) is 17.1 Å². The van der Waals surface area contributed by atoms with Gasteiger partial charge in [0.2, 0.25) is 0 Å². The fourth-order valence-electron chi connectivity index (χ4n) is 2.55. The van der Waals surface area contributed by atoms with Gasteiger partial charge in [-0.3, -0.25) is 4.79 Å². The zero-order chi connectivity index (χ0) is 16.2. The minimum atomic E-state index is 0.0995. The molecule has 1 nitrogen and oxygen atoms in total. The van der Waals surface area contributed by atoms with Gasteiger partial charge in [0.15, 0.2) is 5.78 Å². The maximum Gasteiger partial charge on any atom is 0.173 e. The second-order valence-electron chi connectivity index (χ2n) is 5.25. The summed E-state index contributed by atoms with van der Waals surface area (Å²) in [5.74, 6) is 0.0995. The van der Waals surface area contributed by atoms with E-state index in [0.29, 0.717) is 5.33 Å². The number of carbonyl (C=O) groups is 1. The summed E-state index contributed by atoms with van der Waals surface area (Å²) in [4.78, 5) is 13.5. The van der Waals surface area contributed by atoms with Crippen LogP contribution in [-0.2, 0) is 0 Å². The van der Waals surface area contributed by atoms with Crippen molar-refractivity contribution in [1.29, 1.82) is 0 Å². The van der Waals surface area contributed by atoms with E-state index in [9.17, 15) is 4.79 Å². The van der Waals surface area contributed by atoms with Crippen LogP contribution < -0.4 is 0 Å². The smallest absolute Gasteiger partial charge is 0.173 e.